The van der Waals surface area contributed by atoms with Crippen molar-refractivity contribution in [1.29, 1.82) is 0 Å². The minimum atomic E-state index is -2.94. The van der Waals surface area contributed by atoms with Crippen LogP contribution in [0, 0.1) is 5.82 Å². The molecule has 14 heteroatoms. The summed E-state index contributed by atoms with van der Waals surface area (Å²) in [5.74, 6) is -3.62. The van der Waals surface area contributed by atoms with Gasteiger partial charge in [-0.2, -0.15) is 0 Å². The van der Waals surface area contributed by atoms with Crippen LogP contribution in [0.1, 0.15) is 12.8 Å². The smallest absolute Gasteiger partial charge is 0.262 e. The summed E-state index contributed by atoms with van der Waals surface area (Å²) in [7, 11) is 5.16. The van der Waals surface area contributed by atoms with Crippen LogP contribution >= 0.6 is 0 Å². The van der Waals surface area contributed by atoms with Crippen LogP contribution in [0.4, 0.5) is 30.5 Å². The van der Waals surface area contributed by atoms with E-state index >= 15 is 0 Å². The molecular formula is C27H30F3N9O2. The maximum Gasteiger partial charge on any atom is 0.262 e. The minimum Gasteiger partial charge on any atom is -0.478 e. The first-order valence-corrected chi connectivity index (χ1v) is 13.2. The van der Waals surface area contributed by atoms with E-state index in [1.165, 1.54) is 7.11 Å². The van der Waals surface area contributed by atoms with E-state index in [9.17, 15) is 18.0 Å². The van der Waals surface area contributed by atoms with Crippen LogP contribution in [0.15, 0.2) is 36.8 Å². The molecule has 0 bridgehead atoms. The number of methoxy groups -OCH3 is 1. The summed E-state index contributed by atoms with van der Waals surface area (Å²) in [5, 5.41) is 10.6. The molecule has 0 radical (unpaired) electrons. The molecule has 2 atom stereocenters. The number of fused-ring (bicyclic) bond motifs is 1. The van der Waals surface area contributed by atoms with Crippen LogP contribution in [0.2, 0.25) is 0 Å². The highest BCUT2D eigenvalue weighted by atomic mass is 19.3. The summed E-state index contributed by atoms with van der Waals surface area (Å²) in [4.78, 5) is 28.6. The Balaban J connectivity index is 1.27. The number of ether oxygens (including phenoxy) is 1. The lowest BCUT2D eigenvalue weighted by Crippen LogP contribution is -2.46. The van der Waals surface area contributed by atoms with Crippen LogP contribution < -0.4 is 15.4 Å². The van der Waals surface area contributed by atoms with E-state index in [-0.39, 0.29) is 17.7 Å². The van der Waals surface area contributed by atoms with E-state index < -0.39 is 36.7 Å². The molecule has 0 spiro atoms. The number of amides is 1. The number of H-pyrrole nitrogens is 1. The lowest BCUT2D eigenvalue weighted by atomic mass is 10.1. The van der Waals surface area contributed by atoms with Crippen molar-refractivity contribution >= 4 is 34.1 Å². The molecule has 1 aromatic carbocycles. The van der Waals surface area contributed by atoms with Crippen LogP contribution in [-0.4, -0.2) is 92.2 Å². The maximum absolute atomic E-state index is 15.0. The number of hydrogen-bond donors (Lipinski definition) is 3. The van der Waals surface area contributed by atoms with Crippen molar-refractivity contribution < 1.29 is 22.7 Å². The maximum atomic E-state index is 15.0. The van der Waals surface area contributed by atoms with Crippen LogP contribution in [0.25, 0.3) is 22.2 Å². The molecule has 6 rings (SSSR count). The van der Waals surface area contributed by atoms with Gasteiger partial charge in [0.1, 0.15) is 11.4 Å². The summed E-state index contributed by atoms with van der Waals surface area (Å²) in [5.41, 5.74) is 1.92. The van der Waals surface area contributed by atoms with Crippen molar-refractivity contribution in [1.82, 2.24) is 34.5 Å². The number of para-hydroxylation sites is 1. The van der Waals surface area contributed by atoms with Gasteiger partial charge in [-0.3, -0.25) is 14.4 Å². The molecule has 2 aliphatic rings. The monoisotopic (exact) mass is 569 g/mol. The molecule has 2 fully saturated rings. The lowest BCUT2D eigenvalue weighted by molar-refractivity contribution is -0.121. The molecule has 0 saturated carbocycles. The van der Waals surface area contributed by atoms with Crippen molar-refractivity contribution in [2.45, 2.75) is 30.8 Å². The van der Waals surface area contributed by atoms with Gasteiger partial charge in [0.2, 0.25) is 11.9 Å². The molecule has 0 aliphatic carbocycles. The average molecular weight is 570 g/mol. The third-order valence-corrected chi connectivity index (χ3v) is 7.65. The van der Waals surface area contributed by atoms with Gasteiger partial charge in [-0.05, 0) is 26.1 Å². The lowest BCUT2D eigenvalue weighted by Gasteiger charge is -2.29. The van der Waals surface area contributed by atoms with Crippen molar-refractivity contribution in [2.75, 3.05) is 44.4 Å². The predicted octanol–water partition coefficient (Wildman–Crippen LogP) is 3.60. The number of aromatic nitrogens is 5. The van der Waals surface area contributed by atoms with Crippen LogP contribution in [0.3, 0.4) is 0 Å². The number of aryl methyl sites for hydroxylation is 1. The molecule has 3 aromatic heterocycles. The standard InChI is InChI=1S/C27H30F3N9O2/c1-37-8-7-15(12-37)39-14-27(29,30)9-21(39)24(40)33-19-6-4-5-16-17(10-31-23(16)19)22-18(28)11-32-26(35-22)34-20-13-38(2)36-25(20)41-3/h4-6,10-11,13,15,21,31H,7-9,12,14H2,1-3H3,(H,33,40)(H,32,34,35)/t15-,21?/m0/s1. The molecule has 2 aliphatic heterocycles. The molecule has 41 heavy (non-hydrogen) atoms. The first kappa shape index (κ1) is 27.0. The number of hydrogen-bond acceptors (Lipinski definition) is 8. The Kier molecular flexibility index (Phi) is 6.82. The topological polar surface area (TPSA) is 116 Å². The highest BCUT2D eigenvalue weighted by Crippen LogP contribution is 2.37. The fraction of sp³-hybridized carbons (Fsp3) is 0.407. The molecule has 3 N–H and O–H groups in total. The average Bonchev–Trinajstić information content (AvgIpc) is 3.70. The Morgan fingerprint density at radius 1 is 1.24 bits per heavy atom. The first-order valence-electron chi connectivity index (χ1n) is 13.2. The Hall–Kier alpha value is -4.17. The fourth-order valence-corrected chi connectivity index (χ4v) is 5.76. The van der Waals surface area contributed by atoms with Crippen molar-refractivity contribution in [3.63, 3.8) is 0 Å². The third-order valence-electron chi connectivity index (χ3n) is 7.65. The second kappa shape index (κ2) is 10.3. The molecule has 2 saturated heterocycles. The third kappa shape index (κ3) is 5.20. The number of aromatic amines is 1. The minimum absolute atomic E-state index is 0.0343. The van der Waals surface area contributed by atoms with Gasteiger partial charge in [0.05, 0.1) is 43.3 Å². The number of anilines is 3. The van der Waals surface area contributed by atoms with Gasteiger partial charge in [-0.25, -0.2) is 23.1 Å². The molecule has 216 valence electrons. The zero-order chi connectivity index (χ0) is 28.9. The van der Waals surface area contributed by atoms with Crippen LogP contribution in [0.5, 0.6) is 5.88 Å². The van der Waals surface area contributed by atoms with Gasteiger partial charge in [-0.15, -0.1) is 5.10 Å². The quantitative estimate of drug-likeness (QED) is 0.309. The largest absolute Gasteiger partial charge is 0.478 e. The summed E-state index contributed by atoms with van der Waals surface area (Å²) >= 11 is 0. The van der Waals surface area contributed by atoms with E-state index in [2.05, 4.69) is 35.6 Å². The van der Waals surface area contributed by atoms with Crippen molar-refractivity contribution in [3.05, 3.63) is 42.6 Å². The molecule has 4 aromatic rings. The van der Waals surface area contributed by atoms with Gasteiger partial charge in [0.15, 0.2) is 5.82 Å². The number of rotatable bonds is 7. The number of likely N-dealkylation sites (N-methyl/N-ethyl adjacent to an activating group) is 1. The highest BCUT2D eigenvalue weighted by Gasteiger charge is 2.50. The number of halogens is 3. The second-order valence-corrected chi connectivity index (χ2v) is 10.6. The predicted molar refractivity (Wildman–Crippen MR) is 147 cm³/mol. The molecular weight excluding hydrogens is 539 g/mol. The number of benzene rings is 1. The fourth-order valence-electron chi connectivity index (χ4n) is 5.76. The number of likely N-dealkylation sites (tertiary alicyclic amines) is 2. The molecule has 1 unspecified atom stereocenters. The number of nitrogens with one attached hydrogen (secondary N) is 3. The van der Waals surface area contributed by atoms with Gasteiger partial charge >= 0.3 is 0 Å². The second-order valence-electron chi connectivity index (χ2n) is 10.6. The summed E-state index contributed by atoms with van der Waals surface area (Å²) in [6.07, 6.45) is 4.53. The van der Waals surface area contributed by atoms with E-state index in [1.807, 2.05) is 7.05 Å². The Labute approximate surface area is 233 Å². The number of alkyl halides is 2. The van der Waals surface area contributed by atoms with Gasteiger partial charge in [0, 0.05) is 43.2 Å². The Morgan fingerprint density at radius 3 is 2.83 bits per heavy atom. The van der Waals surface area contributed by atoms with Crippen molar-refractivity contribution in [2.24, 2.45) is 7.05 Å². The first-order chi connectivity index (χ1) is 19.6. The highest BCUT2D eigenvalue weighted by molar-refractivity contribution is 6.06. The van der Waals surface area contributed by atoms with Gasteiger partial charge in [0.25, 0.3) is 11.8 Å². The van der Waals surface area contributed by atoms with E-state index in [1.54, 1.807) is 47.2 Å². The van der Waals surface area contributed by atoms with E-state index in [0.717, 1.165) is 19.2 Å². The summed E-state index contributed by atoms with van der Waals surface area (Å²) < 4.78 is 50.8. The normalized spacial score (nSPS) is 21.0. The SMILES string of the molecule is COc1nn(C)cc1Nc1ncc(F)c(-c2c[nH]c3c(NC(=O)C4CC(F)(F)CN4[C@H]4CCN(C)C4)cccc23)n1. The molecule has 1 amide bonds. The number of carbonyl (C=O) groups is 1. The zero-order valence-electron chi connectivity index (χ0n) is 22.8. The van der Waals surface area contributed by atoms with E-state index in [4.69, 9.17) is 4.74 Å². The Bertz CT molecular complexity index is 1600. The van der Waals surface area contributed by atoms with Crippen LogP contribution in [-0.2, 0) is 11.8 Å². The molecule has 5 heterocycles. The van der Waals surface area contributed by atoms with Crippen molar-refractivity contribution in [3.8, 4) is 17.1 Å². The zero-order valence-corrected chi connectivity index (χ0v) is 22.8. The summed E-state index contributed by atoms with van der Waals surface area (Å²) in [6.45, 7) is 1.01. The Morgan fingerprint density at radius 2 is 2.07 bits per heavy atom. The van der Waals surface area contributed by atoms with Gasteiger partial charge < -0.3 is 25.3 Å². The summed E-state index contributed by atoms with van der Waals surface area (Å²) in [6, 6.07) is 4.09. The van der Waals surface area contributed by atoms with Gasteiger partial charge in [-0.1, -0.05) is 12.1 Å². The number of nitrogens with zero attached hydrogens (tertiary/aromatic N) is 6. The molecule has 11 nitrogen and oxygen atoms in total. The number of carbonyl (C=O) groups excluding carboxylic acids is 1. The van der Waals surface area contributed by atoms with E-state index in [0.29, 0.717) is 40.3 Å².